The first-order valence-electron chi connectivity index (χ1n) is 7.51. The Morgan fingerprint density at radius 3 is 2.32 bits per heavy atom. The lowest BCUT2D eigenvalue weighted by Crippen LogP contribution is -2.12. The van der Waals surface area contributed by atoms with Crippen LogP contribution in [0.1, 0.15) is 43.4 Å². The summed E-state index contributed by atoms with van der Waals surface area (Å²) in [6, 6.07) is 6.99. The largest absolute Gasteiger partial charge is 0.0779 e. The topological polar surface area (TPSA) is 0 Å². The maximum Gasteiger partial charge on any atom is -0.00901 e. The Hall–Kier alpha value is -1.30. The van der Waals surface area contributed by atoms with Crippen LogP contribution in [-0.2, 0) is 0 Å². The zero-order chi connectivity index (χ0) is 13.6. The number of hydrogen-bond donors (Lipinski definition) is 0. The summed E-state index contributed by atoms with van der Waals surface area (Å²) in [7, 11) is 0. The van der Waals surface area contributed by atoms with Crippen molar-refractivity contribution in [1.82, 2.24) is 0 Å². The quantitative estimate of drug-likeness (QED) is 0.635. The lowest BCUT2D eigenvalue weighted by atomic mass is 9.79. The van der Waals surface area contributed by atoms with Gasteiger partial charge in [0.15, 0.2) is 0 Å². The molecule has 2 aliphatic rings. The SMILES string of the molecule is CC1=CC2CC(C)CC2C(c2cc(C)cc(C)c2)=C1. The molecule has 0 bridgehead atoms. The second kappa shape index (κ2) is 4.67. The summed E-state index contributed by atoms with van der Waals surface area (Å²) in [5, 5.41) is 0. The van der Waals surface area contributed by atoms with Crippen molar-refractivity contribution in [1.29, 1.82) is 0 Å². The van der Waals surface area contributed by atoms with Crippen molar-refractivity contribution in [2.75, 3.05) is 0 Å². The molecule has 0 radical (unpaired) electrons. The molecule has 1 fully saturated rings. The molecule has 19 heavy (non-hydrogen) atoms. The van der Waals surface area contributed by atoms with Crippen LogP contribution in [0.2, 0.25) is 0 Å². The second-order valence-electron chi connectivity index (χ2n) is 6.73. The Kier molecular flexibility index (Phi) is 3.12. The van der Waals surface area contributed by atoms with E-state index in [0.29, 0.717) is 0 Å². The lowest BCUT2D eigenvalue weighted by Gasteiger charge is -2.26. The molecule has 1 aromatic carbocycles. The number of aryl methyl sites for hydroxylation is 2. The number of rotatable bonds is 1. The van der Waals surface area contributed by atoms with Gasteiger partial charge in [-0.15, -0.1) is 0 Å². The van der Waals surface area contributed by atoms with Crippen molar-refractivity contribution >= 4 is 5.57 Å². The van der Waals surface area contributed by atoms with Gasteiger partial charge in [-0.2, -0.15) is 0 Å². The van der Waals surface area contributed by atoms with Crippen LogP contribution in [0.3, 0.4) is 0 Å². The molecule has 0 amide bonds. The fourth-order valence-corrected chi connectivity index (χ4v) is 4.05. The third-order valence-corrected chi connectivity index (χ3v) is 4.66. The molecule has 100 valence electrons. The summed E-state index contributed by atoms with van der Waals surface area (Å²) in [5.41, 5.74) is 7.25. The lowest BCUT2D eigenvalue weighted by molar-refractivity contribution is 0.563. The molecule has 1 aromatic rings. The average molecular weight is 252 g/mol. The average Bonchev–Trinajstić information content (AvgIpc) is 2.66. The van der Waals surface area contributed by atoms with E-state index in [1.807, 2.05) is 0 Å². The number of benzene rings is 1. The second-order valence-corrected chi connectivity index (χ2v) is 6.73. The molecule has 0 heterocycles. The van der Waals surface area contributed by atoms with Gasteiger partial charge in [0.25, 0.3) is 0 Å². The summed E-state index contributed by atoms with van der Waals surface area (Å²) in [5.74, 6) is 2.39. The van der Waals surface area contributed by atoms with Gasteiger partial charge in [0, 0.05) is 0 Å². The van der Waals surface area contributed by atoms with E-state index >= 15 is 0 Å². The minimum atomic E-state index is 0.750. The highest BCUT2D eigenvalue weighted by Crippen LogP contribution is 2.47. The van der Waals surface area contributed by atoms with Crippen molar-refractivity contribution in [2.45, 2.75) is 40.5 Å². The van der Waals surface area contributed by atoms with Crippen LogP contribution in [0.5, 0.6) is 0 Å². The molecule has 0 spiro atoms. The first kappa shape index (κ1) is 12.7. The number of fused-ring (bicyclic) bond motifs is 1. The maximum absolute atomic E-state index is 2.50. The molecule has 1 saturated carbocycles. The molecule has 3 unspecified atom stereocenters. The molecule has 3 atom stereocenters. The molecule has 3 rings (SSSR count). The normalized spacial score (nSPS) is 29.8. The van der Waals surface area contributed by atoms with Gasteiger partial charge in [-0.25, -0.2) is 0 Å². The van der Waals surface area contributed by atoms with Crippen molar-refractivity contribution in [3.8, 4) is 0 Å². The van der Waals surface area contributed by atoms with Crippen LogP contribution < -0.4 is 0 Å². The smallest absolute Gasteiger partial charge is 0.00901 e. The highest BCUT2D eigenvalue weighted by molar-refractivity contribution is 5.73. The zero-order valence-corrected chi connectivity index (χ0v) is 12.5. The van der Waals surface area contributed by atoms with E-state index in [0.717, 1.165) is 17.8 Å². The Bertz CT molecular complexity index is 539. The first-order valence-corrected chi connectivity index (χ1v) is 7.51. The zero-order valence-electron chi connectivity index (χ0n) is 12.5. The molecule has 0 saturated heterocycles. The first-order chi connectivity index (χ1) is 9.02. The van der Waals surface area contributed by atoms with Crippen LogP contribution in [0, 0.1) is 31.6 Å². The van der Waals surface area contributed by atoms with Crippen LogP contribution in [0.25, 0.3) is 5.57 Å². The highest BCUT2D eigenvalue weighted by atomic mass is 14.4. The summed E-state index contributed by atoms with van der Waals surface area (Å²) in [6.45, 7) is 9.07. The maximum atomic E-state index is 2.50. The minimum absolute atomic E-state index is 0.750. The summed E-state index contributed by atoms with van der Waals surface area (Å²) < 4.78 is 0. The minimum Gasteiger partial charge on any atom is -0.0779 e. The van der Waals surface area contributed by atoms with E-state index < -0.39 is 0 Å². The molecule has 0 heteroatoms. The van der Waals surface area contributed by atoms with Crippen molar-refractivity contribution in [2.24, 2.45) is 17.8 Å². The third kappa shape index (κ3) is 2.41. The van der Waals surface area contributed by atoms with Gasteiger partial charge in [0.2, 0.25) is 0 Å². The Balaban J connectivity index is 2.05. The van der Waals surface area contributed by atoms with E-state index in [1.165, 1.54) is 35.1 Å². The number of allylic oxidation sites excluding steroid dienone is 4. The monoisotopic (exact) mass is 252 g/mol. The summed E-state index contributed by atoms with van der Waals surface area (Å²) in [4.78, 5) is 0. The molecular formula is C19H24. The summed E-state index contributed by atoms with van der Waals surface area (Å²) >= 11 is 0. The Morgan fingerprint density at radius 1 is 0.947 bits per heavy atom. The fraction of sp³-hybridized carbons (Fsp3) is 0.474. The van der Waals surface area contributed by atoms with E-state index in [9.17, 15) is 0 Å². The number of hydrogen-bond acceptors (Lipinski definition) is 0. The van der Waals surface area contributed by atoms with E-state index in [1.54, 1.807) is 5.57 Å². The Labute approximate surface area is 117 Å². The Morgan fingerprint density at radius 2 is 1.63 bits per heavy atom. The van der Waals surface area contributed by atoms with Gasteiger partial charge in [0.05, 0.1) is 0 Å². The molecule has 0 aromatic heterocycles. The van der Waals surface area contributed by atoms with Crippen LogP contribution in [-0.4, -0.2) is 0 Å². The van der Waals surface area contributed by atoms with E-state index in [-0.39, 0.29) is 0 Å². The highest BCUT2D eigenvalue weighted by Gasteiger charge is 2.35. The van der Waals surface area contributed by atoms with Gasteiger partial charge < -0.3 is 0 Å². The van der Waals surface area contributed by atoms with Gasteiger partial charge >= 0.3 is 0 Å². The van der Waals surface area contributed by atoms with Crippen LogP contribution in [0.4, 0.5) is 0 Å². The predicted molar refractivity (Wildman–Crippen MR) is 83.0 cm³/mol. The molecule has 0 nitrogen and oxygen atoms in total. The van der Waals surface area contributed by atoms with Gasteiger partial charge in [0.1, 0.15) is 0 Å². The fourth-order valence-electron chi connectivity index (χ4n) is 4.05. The van der Waals surface area contributed by atoms with Gasteiger partial charge in [-0.05, 0) is 62.5 Å². The molecular weight excluding hydrogens is 228 g/mol. The van der Waals surface area contributed by atoms with Crippen molar-refractivity contribution in [3.63, 3.8) is 0 Å². The predicted octanol–water partition coefficient (Wildman–Crippen LogP) is 5.31. The molecule has 0 aliphatic heterocycles. The summed E-state index contributed by atoms with van der Waals surface area (Å²) in [6.07, 6.45) is 7.64. The van der Waals surface area contributed by atoms with Gasteiger partial charge in [-0.3, -0.25) is 0 Å². The standard InChI is InChI=1S/C19H24/c1-12-5-13(2)7-16(6-12)18-10-14(3)8-17-9-15(4)11-19(17)18/h5-8,10,15,17,19H,9,11H2,1-4H3. The molecule has 0 N–H and O–H groups in total. The van der Waals surface area contributed by atoms with E-state index in [4.69, 9.17) is 0 Å². The van der Waals surface area contributed by atoms with Gasteiger partial charge in [-0.1, -0.05) is 54.0 Å². The van der Waals surface area contributed by atoms with E-state index in [2.05, 4.69) is 58.0 Å². The van der Waals surface area contributed by atoms with Crippen molar-refractivity contribution < 1.29 is 0 Å². The van der Waals surface area contributed by atoms with Crippen LogP contribution in [0.15, 0.2) is 35.9 Å². The third-order valence-electron chi connectivity index (χ3n) is 4.66. The molecule has 2 aliphatic carbocycles. The van der Waals surface area contributed by atoms with Crippen LogP contribution >= 0.6 is 0 Å². The van der Waals surface area contributed by atoms with Crippen molar-refractivity contribution in [3.05, 3.63) is 52.6 Å².